The Balaban J connectivity index is 1.56. The van der Waals surface area contributed by atoms with Crippen LogP contribution in [-0.2, 0) is 7.05 Å². The number of anilines is 2. The molecule has 1 aromatic heterocycles. The summed E-state index contributed by atoms with van der Waals surface area (Å²) in [6, 6.07) is 23.0. The standard InChI is InChI=1S/C26H24N4O3/c1-17-12-14-19(15-13-17)24(31)27-21-9-7-8-20(16-21)25(32)28-23-18(2)29(3)30(26(23)33)22-10-5-4-6-11-22/h4-16H,1-3H3,(H,27,31)(H,28,32). The van der Waals surface area contributed by atoms with Gasteiger partial charge < -0.3 is 10.6 Å². The Hall–Kier alpha value is -4.39. The van der Waals surface area contributed by atoms with E-state index in [-0.39, 0.29) is 17.2 Å². The zero-order valence-corrected chi connectivity index (χ0v) is 18.6. The summed E-state index contributed by atoms with van der Waals surface area (Å²) in [5.74, 6) is -0.704. The smallest absolute Gasteiger partial charge is 0.295 e. The van der Waals surface area contributed by atoms with Crippen LogP contribution in [0.15, 0.2) is 83.7 Å². The van der Waals surface area contributed by atoms with E-state index in [1.807, 2.05) is 49.4 Å². The number of nitrogens with zero attached hydrogens (tertiary/aromatic N) is 2. The molecule has 0 saturated heterocycles. The molecule has 0 unspecified atom stereocenters. The van der Waals surface area contributed by atoms with Gasteiger partial charge in [-0.15, -0.1) is 0 Å². The van der Waals surface area contributed by atoms with Crippen LogP contribution in [0.5, 0.6) is 0 Å². The maximum atomic E-state index is 13.0. The fourth-order valence-electron chi connectivity index (χ4n) is 3.54. The second kappa shape index (κ2) is 9.00. The first-order chi connectivity index (χ1) is 15.8. The van der Waals surface area contributed by atoms with Gasteiger partial charge in [0, 0.05) is 23.9 Å². The number of aromatic nitrogens is 2. The van der Waals surface area contributed by atoms with Gasteiger partial charge in [-0.3, -0.25) is 19.1 Å². The molecule has 3 aromatic carbocycles. The summed E-state index contributed by atoms with van der Waals surface area (Å²) in [6.45, 7) is 3.72. The SMILES string of the molecule is Cc1ccc(C(=O)Nc2cccc(C(=O)Nc3c(C)n(C)n(-c4ccccc4)c3=O)c2)cc1. The molecule has 0 bridgehead atoms. The first-order valence-corrected chi connectivity index (χ1v) is 10.5. The molecule has 0 aliphatic heterocycles. The highest BCUT2D eigenvalue weighted by Gasteiger charge is 2.19. The number of para-hydroxylation sites is 1. The lowest BCUT2D eigenvalue weighted by Crippen LogP contribution is -2.23. The summed E-state index contributed by atoms with van der Waals surface area (Å²) in [4.78, 5) is 38.5. The Morgan fingerprint density at radius 2 is 1.42 bits per heavy atom. The monoisotopic (exact) mass is 440 g/mol. The topological polar surface area (TPSA) is 85.1 Å². The van der Waals surface area contributed by atoms with Crippen molar-refractivity contribution in [3.05, 3.63) is 112 Å². The maximum Gasteiger partial charge on any atom is 0.295 e. The van der Waals surface area contributed by atoms with Crippen LogP contribution in [0.1, 0.15) is 32.0 Å². The number of carbonyl (C=O) groups is 2. The van der Waals surface area contributed by atoms with Gasteiger partial charge in [0.05, 0.1) is 11.4 Å². The minimum absolute atomic E-state index is 0.209. The third-order valence-electron chi connectivity index (χ3n) is 5.49. The lowest BCUT2D eigenvalue weighted by Gasteiger charge is -2.08. The van der Waals surface area contributed by atoms with Crippen molar-refractivity contribution in [1.82, 2.24) is 9.36 Å². The van der Waals surface area contributed by atoms with E-state index < -0.39 is 5.91 Å². The minimum atomic E-state index is -0.438. The predicted octanol–water partition coefficient (Wildman–Crippen LogP) is 4.30. The lowest BCUT2D eigenvalue weighted by molar-refractivity contribution is 0.101. The van der Waals surface area contributed by atoms with E-state index in [1.54, 1.807) is 55.1 Å². The van der Waals surface area contributed by atoms with E-state index in [4.69, 9.17) is 0 Å². The van der Waals surface area contributed by atoms with Gasteiger partial charge in [-0.25, -0.2) is 4.68 Å². The van der Waals surface area contributed by atoms with Gasteiger partial charge in [-0.05, 0) is 56.3 Å². The van der Waals surface area contributed by atoms with Crippen LogP contribution < -0.4 is 16.2 Å². The molecule has 0 aliphatic carbocycles. The molecule has 2 N–H and O–H groups in total. The predicted molar refractivity (Wildman–Crippen MR) is 129 cm³/mol. The molecule has 7 heteroatoms. The van der Waals surface area contributed by atoms with Crippen molar-refractivity contribution in [2.24, 2.45) is 7.05 Å². The van der Waals surface area contributed by atoms with E-state index in [1.165, 1.54) is 4.68 Å². The molecule has 0 saturated carbocycles. The summed E-state index contributed by atoms with van der Waals surface area (Å²) < 4.78 is 3.20. The van der Waals surface area contributed by atoms with E-state index in [2.05, 4.69) is 10.6 Å². The van der Waals surface area contributed by atoms with Gasteiger partial charge in [-0.2, -0.15) is 0 Å². The van der Waals surface area contributed by atoms with Crippen molar-refractivity contribution >= 4 is 23.2 Å². The zero-order chi connectivity index (χ0) is 23.5. The number of hydrogen-bond donors (Lipinski definition) is 2. The first-order valence-electron chi connectivity index (χ1n) is 10.5. The Bertz CT molecular complexity index is 1380. The second-order valence-electron chi connectivity index (χ2n) is 7.79. The van der Waals surface area contributed by atoms with Crippen molar-refractivity contribution < 1.29 is 9.59 Å². The first kappa shape index (κ1) is 21.8. The molecule has 0 aliphatic rings. The van der Waals surface area contributed by atoms with E-state index in [0.29, 0.717) is 28.2 Å². The van der Waals surface area contributed by atoms with Crippen molar-refractivity contribution in [3.8, 4) is 5.69 Å². The highest BCUT2D eigenvalue weighted by Crippen LogP contribution is 2.17. The molecule has 0 fully saturated rings. The van der Waals surface area contributed by atoms with Gasteiger partial charge in [0.15, 0.2) is 0 Å². The van der Waals surface area contributed by atoms with E-state index >= 15 is 0 Å². The number of amides is 2. The number of carbonyl (C=O) groups excluding carboxylic acids is 2. The zero-order valence-electron chi connectivity index (χ0n) is 18.6. The largest absolute Gasteiger partial charge is 0.322 e. The summed E-state index contributed by atoms with van der Waals surface area (Å²) in [5.41, 5.74) is 3.61. The fourth-order valence-corrected chi connectivity index (χ4v) is 3.54. The summed E-state index contributed by atoms with van der Waals surface area (Å²) >= 11 is 0. The van der Waals surface area contributed by atoms with Crippen LogP contribution in [-0.4, -0.2) is 21.2 Å². The molecule has 0 atom stereocenters. The second-order valence-corrected chi connectivity index (χ2v) is 7.79. The highest BCUT2D eigenvalue weighted by atomic mass is 16.2. The van der Waals surface area contributed by atoms with Gasteiger partial charge in [0.2, 0.25) is 0 Å². The average Bonchev–Trinajstić information content (AvgIpc) is 3.03. The molecular formula is C26H24N4O3. The van der Waals surface area contributed by atoms with Crippen molar-refractivity contribution in [1.29, 1.82) is 0 Å². The molecule has 0 spiro atoms. The fraction of sp³-hybridized carbons (Fsp3) is 0.115. The quantitative estimate of drug-likeness (QED) is 0.485. The van der Waals surface area contributed by atoms with Crippen LogP contribution in [0.3, 0.4) is 0 Å². The summed E-state index contributed by atoms with van der Waals surface area (Å²) in [5, 5.41) is 5.54. The average molecular weight is 441 g/mol. The van der Waals surface area contributed by atoms with Crippen molar-refractivity contribution in [3.63, 3.8) is 0 Å². The normalized spacial score (nSPS) is 10.6. The van der Waals surface area contributed by atoms with Crippen molar-refractivity contribution in [2.45, 2.75) is 13.8 Å². The molecule has 0 radical (unpaired) electrons. The van der Waals surface area contributed by atoms with Crippen LogP contribution in [0.4, 0.5) is 11.4 Å². The van der Waals surface area contributed by atoms with Gasteiger partial charge in [0.1, 0.15) is 5.69 Å². The van der Waals surface area contributed by atoms with Crippen LogP contribution in [0.25, 0.3) is 5.69 Å². The number of hydrogen-bond acceptors (Lipinski definition) is 3. The minimum Gasteiger partial charge on any atom is -0.322 e. The Labute approximate surface area is 191 Å². The highest BCUT2D eigenvalue weighted by molar-refractivity contribution is 6.07. The number of benzene rings is 3. The van der Waals surface area contributed by atoms with E-state index in [9.17, 15) is 14.4 Å². The summed E-state index contributed by atoms with van der Waals surface area (Å²) in [6.07, 6.45) is 0. The van der Waals surface area contributed by atoms with Crippen LogP contribution in [0, 0.1) is 13.8 Å². The summed E-state index contributed by atoms with van der Waals surface area (Å²) in [7, 11) is 1.76. The molecule has 2 amide bonds. The Morgan fingerprint density at radius 1 is 0.758 bits per heavy atom. The van der Waals surface area contributed by atoms with Gasteiger partial charge >= 0.3 is 0 Å². The van der Waals surface area contributed by atoms with E-state index in [0.717, 1.165) is 5.56 Å². The molecule has 7 nitrogen and oxygen atoms in total. The van der Waals surface area contributed by atoms with Crippen LogP contribution >= 0.6 is 0 Å². The number of rotatable bonds is 5. The molecule has 33 heavy (non-hydrogen) atoms. The Kier molecular flexibility index (Phi) is 5.95. The van der Waals surface area contributed by atoms with Gasteiger partial charge in [-0.1, -0.05) is 42.0 Å². The maximum absolute atomic E-state index is 13.0. The molecule has 4 rings (SSSR count). The molecular weight excluding hydrogens is 416 g/mol. The molecule has 166 valence electrons. The third-order valence-corrected chi connectivity index (χ3v) is 5.49. The van der Waals surface area contributed by atoms with Gasteiger partial charge in [0.25, 0.3) is 17.4 Å². The lowest BCUT2D eigenvalue weighted by atomic mass is 10.1. The molecule has 4 aromatic rings. The van der Waals surface area contributed by atoms with Crippen molar-refractivity contribution in [2.75, 3.05) is 10.6 Å². The number of aryl methyl sites for hydroxylation is 1. The van der Waals surface area contributed by atoms with Crippen LogP contribution in [0.2, 0.25) is 0 Å². The molecule has 1 heterocycles. The third kappa shape index (κ3) is 4.48. The Morgan fingerprint density at radius 3 is 2.12 bits per heavy atom. The number of nitrogens with one attached hydrogen (secondary N) is 2.